The smallest absolute Gasteiger partial charge is 0.356 e. The van der Waals surface area contributed by atoms with E-state index in [1.54, 1.807) is 6.20 Å². The second-order valence-corrected chi connectivity index (χ2v) is 5.75. The van der Waals surface area contributed by atoms with Crippen LogP contribution in [-0.2, 0) is 16.1 Å². The largest absolute Gasteiger partial charge is 0.476 e. The number of carboxylic acid groups (broad SMARTS) is 1. The zero-order valence-electron chi connectivity index (χ0n) is 13.1. The molecule has 0 aliphatic carbocycles. The number of carboxylic acids is 1. The zero-order chi connectivity index (χ0) is 16.9. The molecule has 2 N–H and O–H groups in total. The van der Waals surface area contributed by atoms with Gasteiger partial charge in [-0.25, -0.2) is 9.48 Å². The number of carbonyl (C=O) groups is 2. The maximum Gasteiger partial charge on any atom is 0.356 e. The summed E-state index contributed by atoms with van der Waals surface area (Å²) < 4.78 is 6.84. The number of rotatable bonds is 5. The summed E-state index contributed by atoms with van der Waals surface area (Å²) in [5.41, 5.74) is 1.66. The first-order valence-electron chi connectivity index (χ1n) is 7.87. The molecule has 2 heterocycles. The molecular weight excluding hydrogens is 310 g/mol. The van der Waals surface area contributed by atoms with Crippen LogP contribution in [0.25, 0.3) is 5.69 Å². The molecule has 0 spiro atoms. The summed E-state index contributed by atoms with van der Waals surface area (Å²) in [7, 11) is 0. The van der Waals surface area contributed by atoms with E-state index in [2.05, 4.69) is 10.4 Å². The number of ether oxygens (including phenoxy) is 1. The molecule has 1 amide bonds. The van der Waals surface area contributed by atoms with E-state index in [4.69, 9.17) is 9.84 Å². The van der Waals surface area contributed by atoms with Crippen LogP contribution in [0.5, 0.6) is 0 Å². The number of amides is 1. The van der Waals surface area contributed by atoms with Crippen molar-refractivity contribution in [2.75, 3.05) is 13.2 Å². The van der Waals surface area contributed by atoms with Crippen LogP contribution in [0.2, 0.25) is 0 Å². The monoisotopic (exact) mass is 329 g/mol. The van der Waals surface area contributed by atoms with Crippen molar-refractivity contribution in [3.63, 3.8) is 0 Å². The van der Waals surface area contributed by atoms with Gasteiger partial charge in [-0.1, -0.05) is 12.1 Å². The molecule has 1 aliphatic heterocycles. The first kappa shape index (κ1) is 16.2. The molecule has 1 aromatic heterocycles. The minimum Gasteiger partial charge on any atom is -0.476 e. The lowest BCUT2D eigenvalue weighted by atomic mass is 10.0. The van der Waals surface area contributed by atoms with Gasteiger partial charge in [0.2, 0.25) is 5.91 Å². The predicted molar refractivity (Wildman–Crippen MR) is 85.9 cm³/mol. The molecule has 0 radical (unpaired) electrons. The maximum absolute atomic E-state index is 12.1. The third-order valence-electron chi connectivity index (χ3n) is 3.98. The molecule has 1 saturated heterocycles. The van der Waals surface area contributed by atoms with Gasteiger partial charge >= 0.3 is 5.97 Å². The summed E-state index contributed by atoms with van der Waals surface area (Å²) in [6, 6.07) is 8.90. The lowest BCUT2D eigenvalue weighted by Crippen LogP contribution is -2.35. The van der Waals surface area contributed by atoms with Crippen LogP contribution in [0, 0.1) is 5.92 Å². The Balaban J connectivity index is 1.64. The number of aromatic nitrogens is 2. The minimum atomic E-state index is -1.06. The van der Waals surface area contributed by atoms with Crippen molar-refractivity contribution >= 4 is 11.9 Å². The quantitative estimate of drug-likeness (QED) is 0.869. The molecule has 7 heteroatoms. The van der Waals surface area contributed by atoms with Gasteiger partial charge in [0.15, 0.2) is 5.69 Å². The van der Waals surface area contributed by atoms with Crippen molar-refractivity contribution in [1.29, 1.82) is 0 Å². The number of nitrogens with one attached hydrogen (secondary N) is 1. The average Bonchev–Trinajstić information content (AvgIpc) is 3.11. The molecule has 1 aromatic carbocycles. The Morgan fingerprint density at radius 3 is 2.96 bits per heavy atom. The van der Waals surface area contributed by atoms with Crippen molar-refractivity contribution in [2.45, 2.75) is 19.4 Å². The Kier molecular flexibility index (Phi) is 4.90. The molecule has 1 fully saturated rings. The SMILES string of the molecule is O=C(O)c1ccn(-c2cccc(CNC(=O)C3CCCOC3)c2)n1. The maximum atomic E-state index is 12.1. The van der Waals surface area contributed by atoms with Gasteiger partial charge in [0.1, 0.15) is 0 Å². The lowest BCUT2D eigenvalue weighted by Gasteiger charge is -2.21. The fraction of sp³-hybridized carbons (Fsp3) is 0.353. The van der Waals surface area contributed by atoms with Gasteiger partial charge in [0.25, 0.3) is 0 Å². The van der Waals surface area contributed by atoms with Gasteiger partial charge in [-0.05, 0) is 36.6 Å². The van der Waals surface area contributed by atoms with Crippen LogP contribution in [0.4, 0.5) is 0 Å². The summed E-state index contributed by atoms with van der Waals surface area (Å²) in [4.78, 5) is 23.0. The number of hydrogen-bond acceptors (Lipinski definition) is 4. The summed E-state index contributed by atoms with van der Waals surface area (Å²) in [5, 5.41) is 15.9. The number of benzene rings is 1. The van der Waals surface area contributed by atoms with Crippen molar-refractivity contribution in [1.82, 2.24) is 15.1 Å². The minimum absolute atomic E-state index is 0.00681. The normalized spacial score (nSPS) is 17.4. The summed E-state index contributed by atoms with van der Waals surface area (Å²) in [5.74, 6) is -1.13. The van der Waals surface area contributed by atoms with Gasteiger partial charge in [-0.3, -0.25) is 4.79 Å². The molecule has 3 rings (SSSR count). The molecule has 2 aromatic rings. The van der Waals surface area contributed by atoms with Crippen molar-refractivity contribution in [3.05, 3.63) is 47.8 Å². The number of carbonyl (C=O) groups excluding carboxylic acids is 1. The van der Waals surface area contributed by atoms with Crippen LogP contribution < -0.4 is 5.32 Å². The first-order chi connectivity index (χ1) is 11.6. The standard InChI is InChI=1S/C17H19N3O4/c21-16(13-4-2-8-24-11-13)18-10-12-3-1-5-14(9-12)20-7-6-15(19-20)17(22)23/h1,3,5-7,9,13H,2,4,8,10-11H2,(H,18,21)(H,22,23). The Morgan fingerprint density at radius 2 is 2.25 bits per heavy atom. The van der Waals surface area contributed by atoms with E-state index >= 15 is 0 Å². The third-order valence-corrected chi connectivity index (χ3v) is 3.98. The van der Waals surface area contributed by atoms with E-state index in [-0.39, 0.29) is 17.5 Å². The molecule has 1 unspecified atom stereocenters. The number of nitrogens with zero attached hydrogens (tertiary/aromatic N) is 2. The second kappa shape index (κ2) is 7.27. The Morgan fingerprint density at radius 1 is 1.38 bits per heavy atom. The lowest BCUT2D eigenvalue weighted by molar-refractivity contribution is -0.129. The fourth-order valence-electron chi connectivity index (χ4n) is 2.67. The predicted octanol–water partition coefficient (Wildman–Crippen LogP) is 1.61. The van der Waals surface area contributed by atoms with Gasteiger partial charge < -0.3 is 15.2 Å². The molecule has 126 valence electrons. The molecule has 24 heavy (non-hydrogen) atoms. The van der Waals surface area contributed by atoms with E-state index in [1.165, 1.54) is 10.7 Å². The Labute approximate surface area is 139 Å². The first-order valence-corrected chi connectivity index (χ1v) is 7.87. The highest BCUT2D eigenvalue weighted by Gasteiger charge is 2.21. The molecule has 0 saturated carbocycles. The van der Waals surface area contributed by atoms with Crippen molar-refractivity contribution < 1.29 is 19.4 Å². The van der Waals surface area contributed by atoms with Gasteiger partial charge in [-0.15, -0.1) is 0 Å². The second-order valence-electron chi connectivity index (χ2n) is 5.75. The van der Waals surface area contributed by atoms with Crippen LogP contribution in [0.15, 0.2) is 36.5 Å². The highest BCUT2D eigenvalue weighted by atomic mass is 16.5. The van der Waals surface area contributed by atoms with E-state index < -0.39 is 5.97 Å². The highest BCUT2D eigenvalue weighted by molar-refractivity contribution is 5.85. The van der Waals surface area contributed by atoms with Crippen LogP contribution in [-0.4, -0.2) is 40.0 Å². The molecule has 0 bridgehead atoms. The van der Waals surface area contributed by atoms with Gasteiger partial charge in [-0.2, -0.15) is 5.10 Å². The third kappa shape index (κ3) is 3.80. The summed E-state index contributed by atoms with van der Waals surface area (Å²) >= 11 is 0. The molecule has 1 atom stereocenters. The van der Waals surface area contributed by atoms with Crippen LogP contribution in [0.3, 0.4) is 0 Å². The van der Waals surface area contributed by atoms with E-state index in [1.807, 2.05) is 24.3 Å². The van der Waals surface area contributed by atoms with Crippen LogP contribution in [0.1, 0.15) is 28.9 Å². The zero-order valence-corrected chi connectivity index (χ0v) is 13.1. The van der Waals surface area contributed by atoms with Gasteiger partial charge in [0, 0.05) is 19.3 Å². The molecule has 7 nitrogen and oxygen atoms in total. The fourth-order valence-corrected chi connectivity index (χ4v) is 2.67. The molecular formula is C17H19N3O4. The van der Waals surface area contributed by atoms with Crippen molar-refractivity contribution in [3.8, 4) is 5.69 Å². The van der Waals surface area contributed by atoms with E-state index in [0.717, 1.165) is 30.7 Å². The number of aromatic carboxylic acids is 1. The Bertz CT molecular complexity index is 735. The number of hydrogen-bond donors (Lipinski definition) is 2. The van der Waals surface area contributed by atoms with Gasteiger partial charge in [0.05, 0.1) is 18.2 Å². The van der Waals surface area contributed by atoms with E-state index in [9.17, 15) is 9.59 Å². The summed E-state index contributed by atoms with van der Waals surface area (Å²) in [6.07, 6.45) is 3.37. The Hall–Kier alpha value is -2.67. The van der Waals surface area contributed by atoms with E-state index in [0.29, 0.717) is 13.2 Å². The average molecular weight is 329 g/mol. The topological polar surface area (TPSA) is 93.5 Å². The van der Waals surface area contributed by atoms with Crippen LogP contribution >= 0.6 is 0 Å². The molecule has 1 aliphatic rings. The highest BCUT2D eigenvalue weighted by Crippen LogP contribution is 2.14. The summed E-state index contributed by atoms with van der Waals surface area (Å²) in [6.45, 7) is 1.63. The van der Waals surface area contributed by atoms with Crippen molar-refractivity contribution in [2.24, 2.45) is 5.92 Å².